The summed E-state index contributed by atoms with van der Waals surface area (Å²) < 4.78 is 20.0. The number of benzene rings is 2. The summed E-state index contributed by atoms with van der Waals surface area (Å²) in [6, 6.07) is 13.6. The average Bonchev–Trinajstić information content (AvgIpc) is 3.33. The van der Waals surface area contributed by atoms with E-state index in [9.17, 15) is 14.0 Å². The topological polar surface area (TPSA) is 67.7 Å². The molecule has 1 saturated heterocycles. The predicted octanol–water partition coefficient (Wildman–Crippen LogP) is 2.94. The number of rotatable bonds is 6. The van der Waals surface area contributed by atoms with Crippen LogP contribution < -0.4 is 4.74 Å². The number of piperazine rings is 1. The highest BCUT2D eigenvalue weighted by Gasteiger charge is 2.26. The van der Waals surface area contributed by atoms with Crippen LogP contribution in [-0.2, 0) is 11.2 Å². The number of halogens is 1. The number of ether oxygens (including phenoxy) is 1. The Bertz CT molecular complexity index is 1070. The van der Waals surface area contributed by atoms with Crippen molar-refractivity contribution in [2.45, 2.75) is 12.8 Å². The fourth-order valence-electron chi connectivity index (χ4n) is 3.78. The van der Waals surface area contributed by atoms with E-state index in [1.165, 1.54) is 18.3 Å². The second kappa shape index (κ2) is 9.64. The number of carbonyl (C=O) groups is 2. The van der Waals surface area contributed by atoms with E-state index in [0.717, 1.165) is 11.3 Å². The number of aromatic nitrogens is 2. The zero-order valence-corrected chi connectivity index (χ0v) is 17.9. The van der Waals surface area contributed by atoms with Crippen LogP contribution >= 0.6 is 0 Å². The van der Waals surface area contributed by atoms with Gasteiger partial charge in [0, 0.05) is 38.3 Å². The first-order chi connectivity index (χ1) is 15.5. The van der Waals surface area contributed by atoms with E-state index in [1.807, 2.05) is 29.2 Å². The zero-order chi connectivity index (χ0) is 22.5. The minimum atomic E-state index is -0.338. The molecule has 1 fully saturated rings. The Morgan fingerprint density at radius 3 is 2.28 bits per heavy atom. The molecule has 0 bridgehead atoms. The minimum Gasteiger partial charge on any atom is -0.497 e. The first-order valence-electron chi connectivity index (χ1n) is 10.5. The van der Waals surface area contributed by atoms with Crippen molar-refractivity contribution in [1.29, 1.82) is 0 Å². The molecule has 0 unspecified atom stereocenters. The zero-order valence-electron chi connectivity index (χ0n) is 17.9. The van der Waals surface area contributed by atoms with Crippen molar-refractivity contribution in [3.05, 3.63) is 78.1 Å². The maximum atomic E-state index is 13.2. The molecule has 2 amide bonds. The number of aryl methyl sites for hydroxylation is 1. The van der Waals surface area contributed by atoms with Gasteiger partial charge in [0.25, 0.3) is 5.91 Å². The lowest BCUT2D eigenvalue weighted by Gasteiger charge is -2.35. The van der Waals surface area contributed by atoms with Crippen molar-refractivity contribution < 1.29 is 18.7 Å². The smallest absolute Gasteiger partial charge is 0.272 e. The van der Waals surface area contributed by atoms with Crippen molar-refractivity contribution in [2.75, 3.05) is 33.3 Å². The normalized spacial score (nSPS) is 13.8. The fraction of sp³-hybridized carbons (Fsp3) is 0.292. The summed E-state index contributed by atoms with van der Waals surface area (Å²) in [5.41, 5.74) is 2.16. The summed E-state index contributed by atoms with van der Waals surface area (Å²) >= 11 is 0. The number of methoxy groups -OCH3 is 1. The van der Waals surface area contributed by atoms with E-state index in [-0.39, 0.29) is 17.6 Å². The van der Waals surface area contributed by atoms with Crippen molar-refractivity contribution in [1.82, 2.24) is 19.4 Å². The third kappa shape index (κ3) is 4.80. The molecule has 1 aliphatic rings. The van der Waals surface area contributed by atoms with E-state index in [2.05, 4.69) is 4.98 Å². The van der Waals surface area contributed by atoms with Gasteiger partial charge >= 0.3 is 0 Å². The lowest BCUT2D eigenvalue weighted by Crippen LogP contribution is -2.50. The molecule has 2 heterocycles. The van der Waals surface area contributed by atoms with Crippen LogP contribution in [0.1, 0.15) is 22.5 Å². The van der Waals surface area contributed by atoms with E-state index in [1.54, 1.807) is 35.0 Å². The Kier molecular flexibility index (Phi) is 6.49. The van der Waals surface area contributed by atoms with Crippen molar-refractivity contribution in [3.8, 4) is 11.4 Å². The lowest BCUT2D eigenvalue weighted by atomic mass is 10.1. The SMILES string of the molecule is COc1ccc(CCC(=O)N2CCN(C(=O)c3cncn3-c3ccc(F)cc3)CC2)cc1. The van der Waals surface area contributed by atoms with E-state index < -0.39 is 0 Å². The molecule has 8 heteroatoms. The lowest BCUT2D eigenvalue weighted by molar-refractivity contribution is -0.132. The third-order valence-corrected chi connectivity index (χ3v) is 5.67. The van der Waals surface area contributed by atoms with Gasteiger partial charge < -0.3 is 14.5 Å². The molecule has 0 atom stereocenters. The van der Waals surface area contributed by atoms with Gasteiger partial charge in [-0.05, 0) is 48.4 Å². The van der Waals surface area contributed by atoms with Gasteiger partial charge in [0.2, 0.25) is 5.91 Å². The van der Waals surface area contributed by atoms with Gasteiger partial charge in [-0.1, -0.05) is 12.1 Å². The number of imidazole rings is 1. The summed E-state index contributed by atoms with van der Waals surface area (Å²) in [4.78, 5) is 33.3. The molecule has 0 saturated carbocycles. The number of carbonyl (C=O) groups excluding carboxylic acids is 2. The van der Waals surface area contributed by atoms with Crippen LogP contribution in [-0.4, -0.2) is 64.5 Å². The van der Waals surface area contributed by atoms with Crippen LogP contribution in [0.25, 0.3) is 5.69 Å². The highest BCUT2D eigenvalue weighted by molar-refractivity contribution is 5.93. The van der Waals surface area contributed by atoms with Crippen LogP contribution in [0.3, 0.4) is 0 Å². The van der Waals surface area contributed by atoms with Gasteiger partial charge in [-0.3, -0.25) is 14.2 Å². The van der Waals surface area contributed by atoms with Crippen LogP contribution in [0.2, 0.25) is 0 Å². The molecule has 0 spiro atoms. The van der Waals surface area contributed by atoms with Crippen LogP contribution in [0.15, 0.2) is 61.1 Å². The molecular formula is C24H25FN4O3. The molecular weight excluding hydrogens is 411 g/mol. The van der Waals surface area contributed by atoms with E-state index >= 15 is 0 Å². The van der Waals surface area contributed by atoms with Crippen molar-refractivity contribution in [3.63, 3.8) is 0 Å². The largest absolute Gasteiger partial charge is 0.497 e. The summed E-state index contributed by atoms with van der Waals surface area (Å²) in [5, 5.41) is 0. The molecule has 0 N–H and O–H groups in total. The predicted molar refractivity (Wildman–Crippen MR) is 117 cm³/mol. The second-order valence-electron chi connectivity index (χ2n) is 7.65. The monoisotopic (exact) mass is 436 g/mol. The summed E-state index contributed by atoms with van der Waals surface area (Å²) in [6.45, 7) is 1.92. The summed E-state index contributed by atoms with van der Waals surface area (Å²) in [6.07, 6.45) is 4.15. The van der Waals surface area contributed by atoms with Gasteiger partial charge in [0.15, 0.2) is 0 Å². The first kappa shape index (κ1) is 21.5. The van der Waals surface area contributed by atoms with Gasteiger partial charge in [-0.25, -0.2) is 9.37 Å². The third-order valence-electron chi connectivity index (χ3n) is 5.67. The van der Waals surface area contributed by atoms with Crippen LogP contribution in [0.5, 0.6) is 5.75 Å². The maximum Gasteiger partial charge on any atom is 0.272 e. The summed E-state index contributed by atoms with van der Waals surface area (Å²) in [7, 11) is 1.62. The van der Waals surface area contributed by atoms with Crippen LogP contribution in [0.4, 0.5) is 4.39 Å². The molecule has 1 aliphatic heterocycles. The Balaban J connectivity index is 1.31. The van der Waals surface area contributed by atoms with E-state index in [0.29, 0.717) is 50.4 Å². The number of hydrogen-bond acceptors (Lipinski definition) is 4. The molecule has 2 aromatic carbocycles. The standard InChI is InChI=1S/C24H25FN4O3/c1-32-21-9-2-18(3-10-21)4-11-23(30)27-12-14-28(15-13-27)24(31)22-16-26-17-29(22)20-7-5-19(25)6-8-20/h2-3,5-10,16-17H,4,11-15H2,1H3. The molecule has 4 rings (SSSR count). The van der Waals surface area contributed by atoms with Crippen LogP contribution in [0, 0.1) is 5.82 Å². The number of nitrogens with zero attached hydrogens (tertiary/aromatic N) is 4. The quantitative estimate of drug-likeness (QED) is 0.596. The van der Waals surface area contributed by atoms with Gasteiger partial charge in [0.1, 0.15) is 17.3 Å². The summed E-state index contributed by atoms with van der Waals surface area (Å²) in [5.74, 6) is 0.387. The molecule has 7 nitrogen and oxygen atoms in total. The highest BCUT2D eigenvalue weighted by Crippen LogP contribution is 2.16. The number of amides is 2. The maximum absolute atomic E-state index is 13.2. The Labute approximate surface area is 186 Å². The average molecular weight is 436 g/mol. The fourth-order valence-corrected chi connectivity index (χ4v) is 3.78. The number of hydrogen-bond donors (Lipinski definition) is 0. The molecule has 0 aliphatic carbocycles. The van der Waals surface area contributed by atoms with Gasteiger partial charge in [0.05, 0.1) is 19.6 Å². The van der Waals surface area contributed by atoms with Gasteiger partial charge in [-0.15, -0.1) is 0 Å². The second-order valence-corrected chi connectivity index (χ2v) is 7.65. The highest BCUT2D eigenvalue weighted by atomic mass is 19.1. The first-order valence-corrected chi connectivity index (χ1v) is 10.5. The minimum absolute atomic E-state index is 0.0873. The molecule has 0 radical (unpaired) electrons. The molecule has 1 aromatic heterocycles. The van der Waals surface area contributed by atoms with Crippen molar-refractivity contribution >= 4 is 11.8 Å². The Morgan fingerprint density at radius 1 is 0.969 bits per heavy atom. The molecule has 32 heavy (non-hydrogen) atoms. The molecule has 3 aromatic rings. The van der Waals surface area contributed by atoms with E-state index in [4.69, 9.17) is 4.74 Å². The Hall–Kier alpha value is -3.68. The molecule has 166 valence electrons. The Morgan fingerprint density at radius 2 is 1.62 bits per heavy atom. The van der Waals surface area contributed by atoms with Crippen molar-refractivity contribution in [2.24, 2.45) is 0 Å². The van der Waals surface area contributed by atoms with Gasteiger partial charge in [-0.2, -0.15) is 0 Å².